The van der Waals surface area contributed by atoms with Gasteiger partial charge in [-0.3, -0.25) is 0 Å². The van der Waals surface area contributed by atoms with Gasteiger partial charge in [-0.05, 0) is 101 Å². The van der Waals surface area contributed by atoms with Crippen molar-refractivity contribution in [2.45, 2.75) is 20.8 Å². The Labute approximate surface area is 237 Å². The molecule has 1 aliphatic rings. The van der Waals surface area contributed by atoms with Crippen LogP contribution in [0.5, 0.6) is 0 Å². The molecule has 6 rings (SSSR count). The Bertz CT molecular complexity index is 1780. The molecule has 194 valence electrons. The molecule has 0 radical (unpaired) electrons. The fourth-order valence-corrected chi connectivity index (χ4v) is 5.41. The lowest BCUT2D eigenvalue weighted by molar-refractivity contribution is 1.40. The van der Waals surface area contributed by atoms with E-state index < -0.39 is 0 Å². The van der Waals surface area contributed by atoms with Gasteiger partial charge in [0.1, 0.15) is 0 Å². The molecule has 1 nitrogen and oxygen atoms in total. The highest BCUT2D eigenvalue weighted by molar-refractivity contribution is 5.90. The van der Waals surface area contributed by atoms with Crippen molar-refractivity contribution < 1.29 is 0 Å². The normalized spacial score (nSPS) is 16.2. The lowest BCUT2D eigenvalue weighted by Crippen LogP contribution is -1.95. The molecule has 40 heavy (non-hydrogen) atoms. The zero-order valence-electron chi connectivity index (χ0n) is 23.3. The Morgan fingerprint density at radius 3 is 1.95 bits per heavy atom. The van der Waals surface area contributed by atoms with E-state index in [2.05, 4.69) is 166 Å². The second-order valence-electron chi connectivity index (χ2n) is 10.5. The monoisotopic (exact) mass is 515 g/mol. The number of aryl methyl sites for hydroxylation is 2. The molecule has 0 aromatic heterocycles. The highest BCUT2D eigenvalue weighted by atomic mass is 14.8. The van der Waals surface area contributed by atoms with Crippen molar-refractivity contribution >= 4 is 17.3 Å². The first-order chi connectivity index (χ1) is 19.6. The predicted molar refractivity (Wildman–Crippen MR) is 173 cm³/mol. The number of hydrogen-bond acceptors (Lipinski definition) is 1. The van der Waals surface area contributed by atoms with E-state index in [1.807, 2.05) is 0 Å². The standard InChI is InChI=1S/C39H33N/c1-27-15-18-30(19-16-27)32-11-8-12-33(25-32)34-21-22-39-38(26-34)37-14-7-5-10-31(37)20-17-29(3)36(23-24-40-39)35-13-6-4-9-28(35)2/h4-26,40H,1-3H3/b20-17-,24-23+,36-29+. The van der Waals surface area contributed by atoms with Crippen LogP contribution in [0.15, 0.2) is 139 Å². The average Bonchev–Trinajstić information content (AvgIpc) is 3.01. The van der Waals surface area contributed by atoms with E-state index in [0.29, 0.717) is 0 Å². The Hall–Kier alpha value is -4.88. The van der Waals surface area contributed by atoms with Crippen molar-refractivity contribution in [2.24, 2.45) is 0 Å². The maximum Gasteiger partial charge on any atom is 0.0460 e. The number of rotatable bonds is 3. The second-order valence-corrected chi connectivity index (χ2v) is 10.5. The van der Waals surface area contributed by atoms with Crippen LogP contribution in [0.4, 0.5) is 5.69 Å². The Morgan fingerprint density at radius 2 is 1.15 bits per heavy atom. The van der Waals surface area contributed by atoms with Crippen molar-refractivity contribution in [3.05, 3.63) is 161 Å². The van der Waals surface area contributed by atoms with Crippen LogP contribution >= 0.6 is 0 Å². The zero-order valence-corrected chi connectivity index (χ0v) is 23.3. The van der Waals surface area contributed by atoms with Crippen LogP contribution in [-0.2, 0) is 0 Å². The van der Waals surface area contributed by atoms with Gasteiger partial charge in [-0.25, -0.2) is 0 Å². The summed E-state index contributed by atoms with van der Waals surface area (Å²) in [6, 6.07) is 41.5. The van der Waals surface area contributed by atoms with Gasteiger partial charge in [-0.1, -0.05) is 115 Å². The molecule has 0 spiro atoms. The number of benzene rings is 5. The Morgan fingerprint density at radius 1 is 0.475 bits per heavy atom. The van der Waals surface area contributed by atoms with Crippen molar-refractivity contribution in [3.63, 3.8) is 0 Å². The largest absolute Gasteiger partial charge is 0.361 e. The van der Waals surface area contributed by atoms with Gasteiger partial charge in [-0.15, -0.1) is 0 Å². The van der Waals surface area contributed by atoms with Gasteiger partial charge in [0.2, 0.25) is 0 Å². The molecule has 1 heteroatoms. The first-order valence-electron chi connectivity index (χ1n) is 13.9. The van der Waals surface area contributed by atoms with Crippen LogP contribution in [0.3, 0.4) is 0 Å². The van der Waals surface area contributed by atoms with E-state index in [0.717, 1.165) is 5.69 Å². The highest BCUT2D eigenvalue weighted by Crippen LogP contribution is 2.37. The fourth-order valence-electron chi connectivity index (χ4n) is 5.41. The third kappa shape index (κ3) is 5.19. The molecular formula is C39H33N. The molecule has 0 atom stereocenters. The topological polar surface area (TPSA) is 12.0 Å². The molecule has 0 saturated carbocycles. The van der Waals surface area contributed by atoms with Crippen LogP contribution in [-0.4, -0.2) is 0 Å². The van der Waals surface area contributed by atoms with Crippen LogP contribution in [0.2, 0.25) is 0 Å². The van der Waals surface area contributed by atoms with E-state index in [1.54, 1.807) is 0 Å². The third-order valence-electron chi connectivity index (χ3n) is 7.71. The molecule has 1 heterocycles. The van der Waals surface area contributed by atoms with Crippen LogP contribution in [0.1, 0.15) is 29.2 Å². The van der Waals surface area contributed by atoms with Gasteiger partial charge in [0.15, 0.2) is 0 Å². The minimum Gasteiger partial charge on any atom is -0.361 e. The highest BCUT2D eigenvalue weighted by Gasteiger charge is 2.12. The summed E-state index contributed by atoms with van der Waals surface area (Å²) < 4.78 is 0. The number of hydrogen-bond donors (Lipinski definition) is 1. The smallest absolute Gasteiger partial charge is 0.0460 e. The first-order valence-corrected chi connectivity index (χ1v) is 13.9. The molecule has 5 aromatic carbocycles. The summed E-state index contributed by atoms with van der Waals surface area (Å²) >= 11 is 0. The third-order valence-corrected chi connectivity index (χ3v) is 7.71. The second kappa shape index (κ2) is 11.1. The lowest BCUT2D eigenvalue weighted by Gasteiger charge is -2.15. The number of nitrogens with one attached hydrogen (secondary N) is 1. The van der Waals surface area contributed by atoms with Gasteiger partial charge in [0, 0.05) is 17.5 Å². The number of allylic oxidation sites excluding steroid dienone is 4. The fraction of sp³-hybridized carbons (Fsp3) is 0.0769. The van der Waals surface area contributed by atoms with Gasteiger partial charge < -0.3 is 5.32 Å². The molecule has 0 saturated heterocycles. The van der Waals surface area contributed by atoms with Gasteiger partial charge in [0.25, 0.3) is 0 Å². The Kier molecular flexibility index (Phi) is 7.04. The molecule has 1 aliphatic heterocycles. The van der Waals surface area contributed by atoms with Crippen molar-refractivity contribution in [1.82, 2.24) is 0 Å². The molecule has 5 aromatic rings. The predicted octanol–water partition coefficient (Wildman–Crippen LogP) is 10.7. The maximum atomic E-state index is 3.62. The van der Waals surface area contributed by atoms with Crippen LogP contribution < -0.4 is 5.32 Å². The van der Waals surface area contributed by atoms with Gasteiger partial charge in [0.05, 0.1) is 0 Å². The van der Waals surface area contributed by atoms with E-state index in [4.69, 9.17) is 0 Å². The number of fused-ring (bicyclic) bond motifs is 3. The van der Waals surface area contributed by atoms with Crippen molar-refractivity contribution in [2.75, 3.05) is 5.32 Å². The molecule has 0 amide bonds. The maximum absolute atomic E-state index is 3.62. The molecule has 0 fully saturated rings. The van der Waals surface area contributed by atoms with E-state index >= 15 is 0 Å². The van der Waals surface area contributed by atoms with Gasteiger partial charge >= 0.3 is 0 Å². The van der Waals surface area contributed by atoms with E-state index in [1.165, 1.54) is 66.8 Å². The summed E-state index contributed by atoms with van der Waals surface area (Å²) in [4.78, 5) is 0. The van der Waals surface area contributed by atoms with Crippen LogP contribution in [0, 0.1) is 13.8 Å². The molecular weight excluding hydrogens is 482 g/mol. The van der Waals surface area contributed by atoms with E-state index in [9.17, 15) is 0 Å². The zero-order chi connectivity index (χ0) is 27.5. The average molecular weight is 516 g/mol. The minimum atomic E-state index is 1.08. The summed E-state index contributed by atoms with van der Waals surface area (Å²) in [5.41, 5.74) is 15.8. The summed E-state index contributed by atoms with van der Waals surface area (Å²) in [7, 11) is 0. The summed E-state index contributed by atoms with van der Waals surface area (Å²) in [5.74, 6) is 0. The number of anilines is 1. The molecule has 1 N–H and O–H groups in total. The van der Waals surface area contributed by atoms with Crippen molar-refractivity contribution in [1.29, 1.82) is 0 Å². The lowest BCUT2D eigenvalue weighted by atomic mass is 9.92. The van der Waals surface area contributed by atoms with Gasteiger partial charge in [-0.2, -0.15) is 0 Å². The molecule has 0 unspecified atom stereocenters. The van der Waals surface area contributed by atoms with Crippen LogP contribution in [0.25, 0.3) is 45.0 Å². The summed E-state index contributed by atoms with van der Waals surface area (Å²) in [6.07, 6.45) is 8.76. The molecule has 0 bridgehead atoms. The summed E-state index contributed by atoms with van der Waals surface area (Å²) in [5, 5.41) is 3.62. The van der Waals surface area contributed by atoms with Crippen molar-refractivity contribution in [3.8, 4) is 33.4 Å². The molecule has 0 aliphatic carbocycles. The SMILES string of the molecule is CC1=C(c2ccccc2C)/C=C/Nc2ccc(-c3cccc(-c4ccc(C)cc4)c3)cc2-c2ccccc2/C=C\1. The Balaban J connectivity index is 1.46. The summed E-state index contributed by atoms with van der Waals surface area (Å²) in [6.45, 7) is 6.49. The minimum absolute atomic E-state index is 1.08. The quantitative estimate of drug-likeness (QED) is 0.252. The van der Waals surface area contributed by atoms with E-state index in [-0.39, 0.29) is 0 Å². The first kappa shape index (κ1) is 25.4.